The maximum absolute atomic E-state index is 6.71. The van der Waals surface area contributed by atoms with Gasteiger partial charge < -0.3 is 8.39 Å². The van der Waals surface area contributed by atoms with Crippen LogP contribution in [0.4, 0.5) is 0 Å². The summed E-state index contributed by atoms with van der Waals surface area (Å²) < 4.78 is 15.8. The Hall–Kier alpha value is -4.30. The lowest BCUT2D eigenvalue weighted by Crippen LogP contribution is -2.17. The highest BCUT2D eigenvalue weighted by Gasteiger charge is 2.26. The van der Waals surface area contributed by atoms with Gasteiger partial charge in [0, 0.05) is 23.9 Å². The Kier molecular flexibility index (Phi) is 4.94. The fourth-order valence-corrected chi connectivity index (χ4v) is 7.35. The maximum Gasteiger partial charge on any atom is 0.310 e. The van der Waals surface area contributed by atoms with Crippen molar-refractivity contribution in [3.8, 4) is 11.1 Å². The van der Waals surface area contributed by atoms with Gasteiger partial charge in [0.05, 0.1) is 0 Å². The zero-order valence-electron chi connectivity index (χ0n) is 20.7. The average molecular weight is 510 g/mol. The molecule has 8 rings (SSSR count). The van der Waals surface area contributed by atoms with E-state index in [-0.39, 0.29) is 0 Å². The lowest BCUT2D eigenvalue weighted by atomic mass is 9.88. The van der Waals surface area contributed by atoms with Gasteiger partial charge in [-0.15, -0.1) is 0 Å². The van der Waals surface area contributed by atoms with Gasteiger partial charge in [0.1, 0.15) is 11.2 Å². The molecule has 3 nitrogen and oxygen atoms in total. The molecule has 0 saturated carbocycles. The molecular formula is C34H24NO2P. The van der Waals surface area contributed by atoms with Crippen molar-refractivity contribution in [2.24, 2.45) is 0 Å². The van der Waals surface area contributed by atoms with E-state index in [0.29, 0.717) is 0 Å². The van der Waals surface area contributed by atoms with Crippen molar-refractivity contribution in [1.82, 2.24) is 0 Å². The molecule has 0 N–H and O–H groups in total. The summed E-state index contributed by atoms with van der Waals surface area (Å²) >= 11 is 0. The highest BCUT2D eigenvalue weighted by atomic mass is 31.1. The van der Waals surface area contributed by atoms with E-state index >= 15 is 0 Å². The molecule has 6 aromatic carbocycles. The molecule has 2 heterocycles. The number of hydrogen-bond acceptors (Lipinski definition) is 3. The van der Waals surface area contributed by atoms with Crippen molar-refractivity contribution in [3.05, 3.63) is 132 Å². The second-order valence-electron chi connectivity index (χ2n) is 9.88. The van der Waals surface area contributed by atoms with Crippen LogP contribution in [0.3, 0.4) is 0 Å². The molecule has 0 saturated heterocycles. The first-order chi connectivity index (χ1) is 18.8. The molecule has 0 radical (unpaired) electrons. The highest BCUT2D eigenvalue weighted by molar-refractivity contribution is 7.38. The van der Waals surface area contributed by atoms with Crippen LogP contribution in [0.15, 0.2) is 130 Å². The quantitative estimate of drug-likeness (QED) is 0.221. The molecule has 1 aliphatic heterocycles. The Morgan fingerprint density at radius 2 is 0.868 bits per heavy atom. The second kappa shape index (κ2) is 8.63. The lowest BCUT2D eigenvalue weighted by Gasteiger charge is -2.17. The van der Waals surface area contributed by atoms with Crippen molar-refractivity contribution < 1.29 is 8.39 Å². The summed E-state index contributed by atoms with van der Waals surface area (Å²) in [4.78, 5) is 0. The zero-order chi connectivity index (χ0) is 25.1. The molecule has 0 fully saturated rings. The summed E-state index contributed by atoms with van der Waals surface area (Å²) in [6.07, 6.45) is 0. The molecule has 0 spiro atoms. The lowest BCUT2D eigenvalue weighted by molar-refractivity contribution is 0.618. The molecule has 0 atom stereocenters. The topological polar surface area (TPSA) is 29.5 Å². The first kappa shape index (κ1) is 21.8. The van der Waals surface area contributed by atoms with Crippen molar-refractivity contribution in [2.45, 2.75) is 13.1 Å². The minimum Gasteiger partial charge on any atom is -0.408 e. The van der Waals surface area contributed by atoms with Crippen LogP contribution < -0.4 is 4.67 Å². The number of rotatable bonds is 1. The highest BCUT2D eigenvalue weighted by Crippen LogP contribution is 2.46. The maximum atomic E-state index is 6.71. The van der Waals surface area contributed by atoms with Gasteiger partial charge in [-0.2, -0.15) is 4.67 Å². The van der Waals surface area contributed by atoms with Crippen molar-refractivity contribution in [2.75, 3.05) is 4.67 Å². The summed E-state index contributed by atoms with van der Waals surface area (Å²) in [7, 11) is -1.41. The molecule has 0 amide bonds. The van der Waals surface area contributed by atoms with E-state index < -0.39 is 8.16 Å². The summed E-state index contributed by atoms with van der Waals surface area (Å²) in [5.41, 5.74) is 6.96. The van der Waals surface area contributed by atoms with Crippen LogP contribution in [0.25, 0.3) is 54.6 Å². The van der Waals surface area contributed by atoms with E-state index in [4.69, 9.17) is 8.39 Å². The van der Waals surface area contributed by atoms with Crippen molar-refractivity contribution in [1.29, 1.82) is 0 Å². The van der Waals surface area contributed by atoms with E-state index in [2.05, 4.69) is 114 Å². The fourth-order valence-electron chi connectivity index (χ4n) is 5.89. The van der Waals surface area contributed by atoms with E-state index in [1.807, 2.05) is 12.1 Å². The second-order valence-corrected chi connectivity index (χ2v) is 11.3. The summed E-state index contributed by atoms with van der Waals surface area (Å²) in [5.74, 6) is 0. The van der Waals surface area contributed by atoms with Crippen molar-refractivity contribution in [3.63, 3.8) is 0 Å². The smallest absolute Gasteiger partial charge is 0.310 e. The molecule has 4 heteroatoms. The average Bonchev–Trinajstić information content (AvgIpc) is 3.25. The van der Waals surface area contributed by atoms with Crippen molar-refractivity contribution >= 4 is 51.6 Å². The number of hydrogen-bond donors (Lipinski definition) is 0. The van der Waals surface area contributed by atoms with Gasteiger partial charge >= 0.3 is 8.16 Å². The van der Waals surface area contributed by atoms with E-state index in [1.54, 1.807) is 0 Å². The van der Waals surface area contributed by atoms with Gasteiger partial charge in [-0.25, -0.2) is 0 Å². The molecule has 1 aliphatic rings. The first-order valence-electron chi connectivity index (χ1n) is 12.9. The number of para-hydroxylation sites is 2. The molecule has 0 bridgehead atoms. The van der Waals surface area contributed by atoms with Crippen LogP contribution in [-0.4, -0.2) is 0 Å². The minimum atomic E-state index is -1.41. The third-order valence-corrected chi connectivity index (χ3v) is 9.08. The van der Waals surface area contributed by atoms with Gasteiger partial charge in [-0.05, 0) is 55.9 Å². The molecule has 38 heavy (non-hydrogen) atoms. The van der Waals surface area contributed by atoms with Gasteiger partial charge in [0.2, 0.25) is 0 Å². The van der Waals surface area contributed by atoms with Crippen LogP contribution in [0, 0.1) is 0 Å². The van der Waals surface area contributed by atoms with Crippen LogP contribution >= 0.6 is 8.16 Å². The largest absolute Gasteiger partial charge is 0.408 e. The predicted molar refractivity (Wildman–Crippen MR) is 159 cm³/mol. The van der Waals surface area contributed by atoms with Crippen LogP contribution in [-0.2, 0) is 13.1 Å². The Labute approximate surface area is 221 Å². The SMILES string of the molecule is c1ccc2c3c(ccc2c1)CN(p1oc2ccccc2c2ccccc2o1)Cc1ccc2ccccc2c1-3. The normalized spacial score (nSPS) is 13.5. The number of fused-ring (bicyclic) bond motifs is 10. The van der Waals surface area contributed by atoms with Crippen LogP contribution in [0.1, 0.15) is 11.1 Å². The van der Waals surface area contributed by atoms with E-state index in [0.717, 1.165) is 35.0 Å². The minimum absolute atomic E-state index is 0.735. The summed E-state index contributed by atoms with van der Waals surface area (Å²) in [6, 6.07) is 43.0. The Balaban J connectivity index is 1.44. The molecular weight excluding hydrogens is 485 g/mol. The molecule has 1 aromatic heterocycles. The molecule has 0 unspecified atom stereocenters. The molecule has 0 aliphatic carbocycles. The van der Waals surface area contributed by atoms with Crippen LogP contribution in [0.5, 0.6) is 0 Å². The zero-order valence-corrected chi connectivity index (χ0v) is 21.6. The third kappa shape index (κ3) is 3.40. The molecule has 7 aromatic rings. The van der Waals surface area contributed by atoms with Gasteiger partial charge in [-0.3, -0.25) is 0 Å². The Morgan fingerprint density at radius 3 is 1.37 bits per heavy atom. The summed E-state index contributed by atoms with van der Waals surface area (Å²) in [5, 5.41) is 7.23. The predicted octanol–water partition coefficient (Wildman–Crippen LogP) is 9.92. The Morgan fingerprint density at radius 1 is 0.447 bits per heavy atom. The van der Waals surface area contributed by atoms with Gasteiger partial charge in [0.15, 0.2) is 0 Å². The molecule has 182 valence electrons. The first-order valence-corrected chi connectivity index (χ1v) is 14.1. The standard InChI is InChI=1S/C34H24NO2P/c1-3-11-27-23(9-1)17-19-25-21-35(22-26-20-18-24-10-2-4-12-28(24)34(26)33(25)27)38-36-31-15-7-5-13-29(31)30-14-6-8-16-32(30)37-38/h1-20H,21-22H2. The number of benzene rings is 6. The van der Waals surface area contributed by atoms with E-state index in [1.165, 1.54) is 43.8 Å². The monoisotopic (exact) mass is 509 g/mol. The summed E-state index contributed by atoms with van der Waals surface area (Å²) in [6.45, 7) is 1.47. The Bertz CT molecular complexity index is 1910. The van der Waals surface area contributed by atoms with Gasteiger partial charge in [-0.1, -0.05) is 109 Å². The number of nitrogens with zero attached hydrogens (tertiary/aromatic N) is 1. The van der Waals surface area contributed by atoms with E-state index in [9.17, 15) is 0 Å². The van der Waals surface area contributed by atoms with Gasteiger partial charge in [0.25, 0.3) is 0 Å². The fraction of sp³-hybridized carbons (Fsp3) is 0.0588. The third-order valence-electron chi connectivity index (χ3n) is 7.63. The van der Waals surface area contributed by atoms with Crippen LogP contribution in [0.2, 0.25) is 0 Å².